The summed E-state index contributed by atoms with van der Waals surface area (Å²) in [5.74, 6) is 7.92. The summed E-state index contributed by atoms with van der Waals surface area (Å²) < 4.78 is 4.73. The molecule has 268 valence electrons. The van der Waals surface area contributed by atoms with Crippen LogP contribution in [0.3, 0.4) is 0 Å². The molecule has 0 spiro atoms. The van der Waals surface area contributed by atoms with Gasteiger partial charge in [-0.25, -0.2) is 9.97 Å². The van der Waals surface area contributed by atoms with Crippen molar-refractivity contribution in [2.45, 2.75) is 18.4 Å². The third-order valence-electron chi connectivity index (χ3n) is 11.4. The van der Waals surface area contributed by atoms with E-state index >= 15 is 0 Å². The molecule has 0 N–H and O–H groups in total. The van der Waals surface area contributed by atoms with E-state index in [0.29, 0.717) is 0 Å². The summed E-state index contributed by atoms with van der Waals surface area (Å²) in [6.45, 7) is 0. The second-order valence-corrected chi connectivity index (χ2v) is 14.8. The molecule has 57 heavy (non-hydrogen) atoms. The van der Waals surface area contributed by atoms with Gasteiger partial charge in [0, 0.05) is 44.3 Å². The highest BCUT2D eigenvalue weighted by molar-refractivity contribution is 6.11. The Morgan fingerprint density at radius 2 is 1.21 bits per heavy atom. The van der Waals surface area contributed by atoms with E-state index in [0.717, 1.165) is 68.0 Å². The lowest BCUT2D eigenvalue weighted by Crippen LogP contribution is -2.04. The Labute approximate surface area is 331 Å². The van der Waals surface area contributed by atoms with Gasteiger partial charge in [0.25, 0.3) is 0 Å². The number of allylic oxidation sites excluding steroid dienone is 8. The van der Waals surface area contributed by atoms with Gasteiger partial charge in [-0.05, 0) is 90.4 Å². The van der Waals surface area contributed by atoms with Gasteiger partial charge in [0.15, 0.2) is 5.82 Å². The lowest BCUT2D eigenvalue weighted by molar-refractivity contribution is 0.807. The SMILES string of the molecule is C1#CC(n2c3ccccc3c3ccccc32)C=CC(c2ccc3c(c2)c2cc(-c4nc(-c5ccccc5)cc(C5C=CC=CC5)n4)ccc2n3-c2ccccc2)=C1. The van der Waals surface area contributed by atoms with E-state index in [2.05, 4.69) is 209 Å². The second kappa shape index (κ2) is 13.7. The maximum Gasteiger partial charge on any atom is 0.160 e. The van der Waals surface area contributed by atoms with E-state index in [9.17, 15) is 0 Å². The maximum atomic E-state index is 5.23. The third kappa shape index (κ3) is 5.72. The standard InChI is InChI=1S/C53H36N4/c1-4-15-37(16-5-1)47-35-48(38-17-6-2-7-18-38)55-53(54-47)40-29-32-52-46(34-40)45-33-39(28-31-51(45)56(52)41-20-8-3-9-21-41)36-19-14-22-42(30-27-36)57-49-25-12-10-23-43(49)44-24-11-13-26-50(44)57/h1-13,15-17,19-21,23-35,38,42H,18H2. The van der Waals surface area contributed by atoms with E-state index in [-0.39, 0.29) is 12.0 Å². The second-order valence-electron chi connectivity index (χ2n) is 14.8. The summed E-state index contributed by atoms with van der Waals surface area (Å²) in [6.07, 6.45) is 16.1. The number of para-hydroxylation sites is 3. The molecule has 3 aromatic heterocycles. The van der Waals surface area contributed by atoms with Gasteiger partial charge in [0.05, 0.1) is 33.5 Å². The van der Waals surface area contributed by atoms with Crippen molar-refractivity contribution in [3.63, 3.8) is 0 Å². The average Bonchev–Trinajstić information content (AvgIpc) is 3.67. The Kier molecular flexibility index (Phi) is 7.89. The molecule has 2 unspecified atom stereocenters. The predicted molar refractivity (Wildman–Crippen MR) is 236 cm³/mol. The van der Waals surface area contributed by atoms with Crippen LogP contribution in [0.15, 0.2) is 194 Å². The van der Waals surface area contributed by atoms with Crippen LogP contribution in [-0.2, 0) is 0 Å². The van der Waals surface area contributed by atoms with Gasteiger partial charge in [-0.2, -0.15) is 0 Å². The molecule has 0 aliphatic heterocycles. The van der Waals surface area contributed by atoms with Crippen molar-refractivity contribution in [1.82, 2.24) is 19.1 Å². The monoisotopic (exact) mass is 728 g/mol. The fraction of sp³-hybridized carbons (Fsp3) is 0.0566. The first-order chi connectivity index (χ1) is 28.3. The van der Waals surface area contributed by atoms with Crippen LogP contribution in [0.4, 0.5) is 0 Å². The largest absolute Gasteiger partial charge is 0.322 e. The Hall–Kier alpha value is -7.48. The maximum absolute atomic E-state index is 5.23. The van der Waals surface area contributed by atoms with E-state index in [1.807, 2.05) is 6.07 Å². The molecule has 4 heteroatoms. The third-order valence-corrected chi connectivity index (χ3v) is 11.4. The highest BCUT2D eigenvalue weighted by Crippen LogP contribution is 2.38. The zero-order valence-corrected chi connectivity index (χ0v) is 31.1. The number of rotatable bonds is 6. The smallest absolute Gasteiger partial charge is 0.160 e. The van der Waals surface area contributed by atoms with Gasteiger partial charge in [0.2, 0.25) is 0 Å². The fourth-order valence-corrected chi connectivity index (χ4v) is 8.62. The van der Waals surface area contributed by atoms with Crippen molar-refractivity contribution in [2.24, 2.45) is 0 Å². The van der Waals surface area contributed by atoms with Gasteiger partial charge in [0.1, 0.15) is 6.04 Å². The average molecular weight is 729 g/mol. The predicted octanol–water partition coefficient (Wildman–Crippen LogP) is 12.8. The summed E-state index contributed by atoms with van der Waals surface area (Å²) in [5.41, 5.74) is 12.0. The molecule has 0 saturated heterocycles. The van der Waals surface area contributed by atoms with Gasteiger partial charge >= 0.3 is 0 Å². The number of fused-ring (bicyclic) bond motifs is 6. The summed E-state index contributed by atoms with van der Waals surface area (Å²) in [5, 5.41) is 4.81. The molecular formula is C53H36N4. The van der Waals surface area contributed by atoms with E-state index in [1.165, 1.54) is 27.2 Å². The van der Waals surface area contributed by atoms with Gasteiger partial charge < -0.3 is 9.13 Å². The van der Waals surface area contributed by atoms with Crippen molar-refractivity contribution in [1.29, 1.82) is 0 Å². The normalized spacial score (nSPS) is 16.2. The molecule has 2 aliphatic carbocycles. The summed E-state index contributed by atoms with van der Waals surface area (Å²) >= 11 is 0. The minimum absolute atomic E-state index is 0.105. The number of nitrogens with zero attached hydrogens (tertiary/aromatic N) is 4. The highest BCUT2D eigenvalue weighted by atomic mass is 15.0. The van der Waals surface area contributed by atoms with E-state index < -0.39 is 0 Å². The van der Waals surface area contributed by atoms with Crippen LogP contribution in [0.5, 0.6) is 0 Å². The zero-order valence-electron chi connectivity index (χ0n) is 31.1. The first-order valence-corrected chi connectivity index (χ1v) is 19.6. The number of hydrogen-bond donors (Lipinski definition) is 0. The molecule has 0 saturated carbocycles. The summed E-state index contributed by atoms with van der Waals surface area (Å²) in [7, 11) is 0. The Balaban J connectivity index is 1.04. The molecule has 0 amide bonds. The topological polar surface area (TPSA) is 35.6 Å². The van der Waals surface area contributed by atoms with Crippen LogP contribution < -0.4 is 0 Å². The first-order valence-electron chi connectivity index (χ1n) is 19.6. The van der Waals surface area contributed by atoms with Crippen LogP contribution in [0.25, 0.3) is 77.5 Å². The molecule has 6 aromatic carbocycles. The molecule has 11 rings (SSSR count). The molecule has 3 heterocycles. The molecule has 2 aliphatic rings. The van der Waals surface area contributed by atoms with Crippen molar-refractivity contribution < 1.29 is 0 Å². The van der Waals surface area contributed by atoms with Crippen molar-refractivity contribution >= 4 is 49.2 Å². The lowest BCUT2D eigenvalue weighted by Gasteiger charge is -2.15. The van der Waals surface area contributed by atoms with Gasteiger partial charge in [-0.1, -0.05) is 133 Å². The molecular weight excluding hydrogens is 693 g/mol. The Morgan fingerprint density at radius 1 is 0.544 bits per heavy atom. The van der Waals surface area contributed by atoms with Crippen LogP contribution in [0, 0.1) is 11.8 Å². The Morgan fingerprint density at radius 3 is 1.93 bits per heavy atom. The molecule has 4 nitrogen and oxygen atoms in total. The number of aromatic nitrogens is 4. The Bertz CT molecular complexity index is 3160. The molecule has 0 bridgehead atoms. The first kappa shape index (κ1) is 32.9. The van der Waals surface area contributed by atoms with Crippen molar-refractivity contribution in [3.8, 4) is 40.2 Å². The minimum atomic E-state index is -0.105. The molecule has 9 aromatic rings. The fourth-order valence-electron chi connectivity index (χ4n) is 8.62. The lowest BCUT2D eigenvalue weighted by atomic mass is 9.95. The van der Waals surface area contributed by atoms with Gasteiger partial charge in [-0.15, -0.1) is 0 Å². The zero-order chi connectivity index (χ0) is 37.7. The quantitative estimate of drug-likeness (QED) is 0.160. The van der Waals surface area contributed by atoms with Crippen LogP contribution >= 0.6 is 0 Å². The minimum Gasteiger partial charge on any atom is -0.322 e. The van der Waals surface area contributed by atoms with E-state index in [4.69, 9.17) is 9.97 Å². The van der Waals surface area contributed by atoms with Gasteiger partial charge in [-0.3, -0.25) is 0 Å². The summed E-state index contributed by atoms with van der Waals surface area (Å²) in [6, 6.07) is 53.8. The molecule has 0 fully saturated rings. The molecule has 2 atom stereocenters. The number of benzene rings is 6. The van der Waals surface area contributed by atoms with Crippen molar-refractivity contribution in [2.75, 3.05) is 0 Å². The number of hydrogen-bond acceptors (Lipinski definition) is 2. The van der Waals surface area contributed by atoms with Crippen LogP contribution in [-0.4, -0.2) is 19.1 Å². The van der Waals surface area contributed by atoms with Crippen molar-refractivity contribution in [3.05, 3.63) is 205 Å². The summed E-state index contributed by atoms with van der Waals surface area (Å²) in [4.78, 5) is 10.4. The molecule has 0 radical (unpaired) electrons. The van der Waals surface area contributed by atoms with E-state index in [1.54, 1.807) is 0 Å². The highest BCUT2D eigenvalue weighted by Gasteiger charge is 2.20. The van der Waals surface area contributed by atoms with Crippen LogP contribution in [0.1, 0.15) is 29.6 Å². The van der Waals surface area contributed by atoms with Crippen LogP contribution in [0.2, 0.25) is 0 Å².